The second-order valence-corrected chi connectivity index (χ2v) is 4.44. The molecule has 0 aliphatic carbocycles. The van der Waals surface area contributed by atoms with Gasteiger partial charge >= 0.3 is 5.97 Å². The van der Waals surface area contributed by atoms with E-state index in [2.05, 4.69) is 26.0 Å². The van der Waals surface area contributed by atoms with E-state index in [1.54, 1.807) is 31.6 Å². The van der Waals surface area contributed by atoms with Gasteiger partial charge in [-0.2, -0.15) is 5.10 Å². The van der Waals surface area contributed by atoms with Crippen LogP contribution in [0.25, 0.3) is 0 Å². The van der Waals surface area contributed by atoms with Crippen molar-refractivity contribution in [2.45, 2.75) is 13.5 Å². The normalized spacial score (nSPS) is 10.2. The topological polar surface area (TPSA) is 66.2 Å². The summed E-state index contributed by atoms with van der Waals surface area (Å²) < 4.78 is 12.6. The van der Waals surface area contributed by atoms with Crippen LogP contribution < -0.4 is 4.74 Å². The molecule has 0 aliphatic heterocycles. The second-order valence-electron chi connectivity index (χ2n) is 3.59. The Balaban J connectivity index is 2.02. The van der Waals surface area contributed by atoms with E-state index in [-0.39, 0.29) is 12.5 Å². The zero-order valence-corrected chi connectivity index (χ0v) is 11.8. The summed E-state index contributed by atoms with van der Waals surface area (Å²) in [6.07, 6.45) is 6.43. The number of aromatic nitrogens is 3. The quantitative estimate of drug-likeness (QED) is 0.790. The van der Waals surface area contributed by atoms with Crippen molar-refractivity contribution >= 4 is 21.9 Å². The van der Waals surface area contributed by atoms with Gasteiger partial charge in [-0.25, -0.2) is 0 Å². The molecule has 2 heterocycles. The van der Waals surface area contributed by atoms with Gasteiger partial charge < -0.3 is 9.47 Å². The number of ether oxygens (including phenoxy) is 2. The van der Waals surface area contributed by atoms with E-state index in [0.29, 0.717) is 18.1 Å². The molecule has 0 bridgehead atoms. The van der Waals surface area contributed by atoms with Crippen molar-refractivity contribution in [3.8, 4) is 11.5 Å². The highest BCUT2D eigenvalue weighted by Gasteiger charge is 2.07. The van der Waals surface area contributed by atoms with Gasteiger partial charge in [-0.15, -0.1) is 0 Å². The first-order valence-electron chi connectivity index (χ1n) is 5.64. The predicted molar refractivity (Wildman–Crippen MR) is 70.9 cm³/mol. The van der Waals surface area contributed by atoms with E-state index >= 15 is 0 Å². The fraction of sp³-hybridized carbons (Fsp3) is 0.250. The van der Waals surface area contributed by atoms with Crippen LogP contribution in [0.4, 0.5) is 0 Å². The number of hydrogen-bond donors (Lipinski definition) is 0. The van der Waals surface area contributed by atoms with E-state index in [1.165, 1.54) is 10.9 Å². The van der Waals surface area contributed by atoms with Crippen LogP contribution in [0.3, 0.4) is 0 Å². The monoisotopic (exact) mass is 325 g/mol. The van der Waals surface area contributed by atoms with E-state index in [4.69, 9.17) is 9.47 Å². The summed E-state index contributed by atoms with van der Waals surface area (Å²) in [4.78, 5) is 15.2. The molecule has 0 fully saturated rings. The smallest absolute Gasteiger partial charge is 0.327 e. The summed E-state index contributed by atoms with van der Waals surface area (Å²) >= 11 is 3.33. The van der Waals surface area contributed by atoms with Gasteiger partial charge in [-0.1, -0.05) is 0 Å². The average molecular weight is 326 g/mol. The van der Waals surface area contributed by atoms with Crippen LogP contribution in [0.5, 0.6) is 11.5 Å². The Kier molecular flexibility index (Phi) is 4.51. The molecule has 0 aliphatic rings. The summed E-state index contributed by atoms with van der Waals surface area (Å²) in [6, 6.07) is 1.73. The van der Waals surface area contributed by atoms with Crippen LogP contribution >= 0.6 is 15.9 Å². The summed E-state index contributed by atoms with van der Waals surface area (Å²) in [5.41, 5.74) is 0. The predicted octanol–water partition coefficient (Wildman–Crippen LogP) is 2.40. The van der Waals surface area contributed by atoms with Crippen molar-refractivity contribution in [3.05, 3.63) is 35.3 Å². The van der Waals surface area contributed by atoms with Gasteiger partial charge in [0.05, 0.1) is 23.5 Å². The molecule has 0 N–H and O–H groups in total. The highest BCUT2D eigenvalue weighted by Crippen LogP contribution is 2.27. The molecule has 7 heteroatoms. The van der Waals surface area contributed by atoms with E-state index < -0.39 is 0 Å². The standard InChI is InChI=1S/C12H12BrN3O3/c1-2-18-12(17)8-16-7-9(5-15-16)19-11-3-4-14-6-10(11)13/h3-7H,2,8H2,1H3. The molecule has 0 spiro atoms. The second kappa shape index (κ2) is 6.33. The third kappa shape index (κ3) is 3.78. The maximum atomic E-state index is 11.3. The van der Waals surface area contributed by atoms with Crippen molar-refractivity contribution < 1.29 is 14.3 Å². The first-order chi connectivity index (χ1) is 9.19. The molecule has 100 valence electrons. The number of halogens is 1. The Morgan fingerprint density at radius 2 is 2.32 bits per heavy atom. The molecule has 0 amide bonds. The fourth-order valence-corrected chi connectivity index (χ4v) is 1.73. The van der Waals surface area contributed by atoms with Crippen molar-refractivity contribution in [2.75, 3.05) is 6.61 Å². The molecule has 0 saturated heterocycles. The van der Waals surface area contributed by atoms with E-state index in [1.807, 2.05) is 0 Å². The van der Waals surface area contributed by atoms with Crippen molar-refractivity contribution in [1.29, 1.82) is 0 Å². The highest BCUT2D eigenvalue weighted by atomic mass is 79.9. The molecule has 19 heavy (non-hydrogen) atoms. The zero-order valence-electron chi connectivity index (χ0n) is 10.2. The Morgan fingerprint density at radius 1 is 1.47 bits per heavy atom. The maximum absolute atomic E-state index is 11.3. The summed E-state index contributed by atoms with van der Waals surface area (Å²) in [7, 11) is 0. The third-order valence-electron chi connectivity index (χ3n) is 2.17. The minimum atomic E-state index is -0.331. The molecule has 0 unspecified atom stereocenters. The van der Waals surface area contributed by atoms with E-state index in [9.17, 15) is 4.79 Å². The van der Waals surface area contributed by atoms with Gasteiger partial charge in [0.1, 0.15) is 12.3 Å². The molecule has 2 aromatic heterocycles. The fourth-order valence-electron chi connectivity index (χ4n) is 1.39. The Hall–Kier alpha value is -1.89. The van der Waals surface area contributed by atoms with Crippen LogP contribution in [0.2, 0.25) is 0 Å². The lowest BCUT2D eigenvalue weighted by molar-refractivity contribution is -0.144. The number of pyridine rings is 1. The Bertz CT molecular complexity index is 571. The first-order valence-corrected chi connectivity index (χ1v) is 6.43. The summed E-state index contributed by atoms with van der Waals surface area (Å²) in [5, 5.41) is 4.02. The minimum absolute atomic E-state index is 0.0642. The van der Waals surface area contributed by atoms with Crippen LogP contribution in [-0.2, 0) is 16.1 Å². The van der Waals surface area contributed by atoms with Crippen LogP contribution in [0, 0.1) is 0 Å². The van der Waals surface area contributed by atoms with Crippen molar-refractivity contribution in [3.63, 3.8) is 0 Å². The maximum Gasteiger partial charge on any atom is 0.327 e. The highest BCUT2D eigenvalue weighted by molar-refractivity contribution is 9.10. The van der Waals surface area contributed by atoms with Gasteiger partial charge in [-0.3, -0.25) is 14.5 Å². The minimum Gasteiger partial charge on any atom is -0.465 e. The molecule has 0 atom stereocenters. The lowest BCUT2D eigenvalue weighted by Crippen LogP contribution is -2.13. The molecule has 0 radical (unpaired) electrons. The molecule has 2 aromatic rings. The number of rotatable bonds is 5. The number of carbonyl (C=O) groups is 1. The SMILES string of the molecule is CCOC(=O)Cn1cc(Oc2ccncc2Br)cn1. The Labute approximate surface area is 118 Å². The summed E-state index contributed by atoms with van der Waals surface area (Å²) in [6.45, 7) is 2.18. The van der Waals surface area contributed by atoms with Crippen LogP contribution in [0.1, 0.15) is 6.92 Å². The van der Waals surface area contributed by atoms with Crippen molar-refractivity contribution in [1.82, 2.24) is 14.8 Å². The molecule has 0 saturated carbocycles. The van der Waals surface area contributed by atoms with Gasteiger partial charge in [0, 0.05) is 18.5 Å². The molecular weight excluding hydrogens is 314 g/mol. The van der Waals surface area contributed by atoms with Gasteiger partial charge in [0.2, 0.25) is 0 Å². The largest absolute Gasteiger partial charge is 0.465 e. The molecule has 6 nitrogen and oxygen atoms in total. The molecule has 2 rings (SSSR count). The third-order valence-corrected chi connectivity index (χ3v) is 2.76. The van der Waals surface area contributed by atoms with Gasteiger partial charge in [-0.05, 0) is 22.9 Å². The van der Waals surface area contributed by atoms with Crippen LogP contribution in [-0.4, -0.2) is 27.3 Å². The van der Waals surface area contributed by atoms with Crippen LogP contribution in [0.15, 0.2) is 35.3 Å². The molecular formula is C12H12BrN3O3. The number of esters is 1. The first kappa shape index (κ1) is 13.5. The number of nitrogens with zero attached hydrogens (tertiary/aromatic N) is 3. The Morgan fingerprint density at radius 3 is 3.05 bits per heavy atom. The zero-order chi connectivity index (χ0) is 13.7. The average Bonchev–Trinajstić information content (AvgIpc) is 2.80. The van der Waals surface area contributed by atoms with Crippen molar-refractivity contribution in [2.24, 2.45) is 0 Å². The number of carbonyl (C=O) groups excluding carboxylic acids is 1. The molecule has 0 aromatic carbocycles. The summed E-state index contributed by atoms with van der Waals surface area (Å²) in [5.74, 6) is 0.837. The van der Waals surface area contributed by atoms with E-state index in [0.717, 1.165) is 4.47 Å². The number of hydrogen-bond acceptors (Lipinski definition) is 5. The van der Waals surface area contributed by atoms with Gasteiger partial charge in [0.25, 0.3) is 0 Å². The van der Waals surface area contributed by atoms with Gasteiger partial charge in [0.15, 0.2) is 5.75 Å². The lowest BCUT2D eigenvalue weighted by Gasteiger charge is -2.04. The lowest BCUT2D eigenvalue weighted by atomic mass is 10.4.